The maximum Gasteiger partial charge on any atom is 0.251 e. The second-order valence-corrected chi connectivity index (χ2v) is 8.17. The number of nitrogens with zero attached hydrogens (tertiary/aromatic N) is 2. The van der Waals surface area contributed by atoms with Crippen molar-refractivity contribution in [2.45, 2.75) is 17.9 Å². The van der Waals surface area contributed by atoms with E-state index in [1.807, 2.05) is 0 Å². The molecule has 9 heteroatoms. The summed E-state index contributed by atoms with van der Waals surface area (Å²) in [5.41, 5.74) is 1.98. The summed E-state index contributed by atoms with van der Waals surface area (Å²) in [6.45, 7) is 0.462. The Morgan fingerprint density at radius 2 is 2.07 bits per heavy atom. The summed E-state index contributed by atoms with van der Waals surface area (Å²) in [6, 6.07) is 8.98. The summed E-state index contributed by atoms with van der Waals surface area (Å²) in [5.74, 6) is -0.768. The molecule has 0 fully saturated rings. The van der Waals surface area contributed by atoms with Gasteiger partial charge >= 0.3 is 0 Å². The summed E-state index contributed by atoms with van der Waals surface area (Å²) >= 11 is 0. The zero-order chi connectivity index (χ0) is 19.7. The van der Waals surface area contributed by atoms with Gasteiger partial charge in [-0.1, -0.05) is 12.1 Å². The molecule has 1 aliphatic heterocycles. The number of rotatable bonds is 5. The van der Waals surface area contributed by atoms with E-state index in [2.05, 4.69) is 15.0 Å². The highest BCUT2D eigenvalue weighted by Crippen LogP contribution is 2.20. The van der Waals surface area contributed by atoms with Crippen LogP contribution in [0.25, 0.3) is 5.69 Å². The molecule has 2 aromatic carbocycles. The highest BCUT2D eigenvalue weighted by molar-refractivity contribution is 7.89. The highest BCUT2D eigenvalue weighted by atomic mass is 32.2. The molecule has 0 aliphatic carbocycles. The summed E-state index contributed by atoms with van der Waals surface area (Å²) in [5, 5.41) is 2.70. The van der Waals surface area contributed by atoms with E-state index >= 15 is 0 Å². The smallest absolute Gasteiger partial charge is 0.251 e. The Hall–Kier alpha value is -3.04. The Kier molecular flexibility index (Phi) is 4.70. The zero-order valence-corrected chi connectivity index (χ0v) is 15.5. The van der Waals surface area contributed by atoms with Crippen molar-refractivity contribution in [2.24, 2.45) is 0 Å². The van der Waals surface area contributed by atoms with Gasteiger partial charge in [0.05, 0.1) is 16.9 Å². The molecule has 144 valence electrons. The fourth-order valence-corrected chi connectivity index (χ4v) is 4.13. The fourth-order valence-electron chi connectivity index (χ4n) is 3.09. The van der Waals surface area contributed by atoms with Crippen molar-refractivity contribution in [1.82, 2.24) is 19.6 Å². The van der Waals surface area contributed by atoms with Crippen molar-refractivity contribution in [2.75, 3.05) is 6.54 Å². The average Bonchev–Trinajstić information content (AvgIpc) is 3.21. The van der Waals surface area contributed by atoms with Crippen molar-refractivity contribution in [3.8, 4) is 5.69 Å². The third kappa shape index (κ3) is 3.54. The summed E-state index contributed by atoms with van der Waals surface area (Å²) in [4.78, 5) is 15.8. The van der Waals surface area contributed by atoms with Gasteiger partial charge in [-0.25, -0.2) is 22.5 Å². The number of aromatic nitrogens is 2. The van der Waals surface area contributed by atoms with Crippen LogP contribution in [0.15, 0.2) is 60.0 Å². The minimum Gasteiger partial charge on any atom is -0.352 e. The second kappa shape index (κ2) is 7.17. The van der Waals surface area contributed by atoms with Crippen LogP contribution in [0.3, 0.4) is 0 Å². The minimum absolute atomic E-state index is 0.00110. The van der Waals surface area contributed by atoms with Crippen LogP contribution < -0.4 is 10.0 Å². The van der Waals surface area contributed by atoms with Gasteiger partial charge < -0.3 is 9.88 Å². The lowest BCUT2D eigenvalue weighted by Gasteiger charge is -2.17. The molecule has 7 nitrogen and oxygen atoms in total. The number of imidazole rings is 1. The predicted molar refractivity (Wildman–Crippen MR) is 100 cm³/mol. The maximum absolute atomic E-state index is 14.3. The average molecular weight is 400 g/mol. The number of benzene rings is 2. The number of fused-ring (bicyclic) bond motifs is 1. The Bertz CT molecular complexity index is 1140. The number of hydrogen-bond donors (Lipinski definition) is 2. The van der Waals surface area contributed by atoms with Gasteiger partial charge in [0.15, 0.2) is 0 Å². The molecule has 0 unspecified atom stereocenters. The first-order valence-electron chi connectivity index (χ1n) is 8.61. The number of amides is 1. The van der Waals surface area contributed by atoms with E-state index in [1.165, 1.54) is 29.1 Å². The monoisotopic (exact) mass is 400 g/mol. The van der Waals surface area contributed by atoms with Crippen LogP contribution >= 0.6 is 0 Å². The van der Waals surface area contributed by atoms with Gasteiger partial charge in [-0.2, -0.15) is 0 Å². The van der Waals surface area contributed by atoms with Gasteiger partial charge in [0.2, 0.25) is 10.0 Å². The zero-order valence-electron chi connectivity index (χ0n) is 14.7. The van der Waals surface area contributed by atoms with Crippen molar-refractivity contribution in [1.29, 1.82) is 0 Å². The Morgan fingerprint density at radius 3 is 2.82 bits per heavy atom. The molecular formula is C19H17FN4O3S. The quantitative estimate of drug-likeness (QED) is 0.683. The van der Waals surface area contributed by atoms with Crippen LogP contribution in [-0.2, 0) is 23.0 Å². The van der Waals surface area contributed by atoms with E-state index in [4.69, 9.17) is 0 Å². The molecule has 3 aromatic rings. The molecule has 2 heterocycles. The molecule has 1 aromatic heterocycles. The topological polar surface area (TPSA) is 93.1 Å². The maximum atomic E-state index is 14.3. The summed E-state index contributed by atoms with van der Waals surface area (Å²) in [6.07, 6.45) is 5.30. The van der Waals surface area contributed by atoms with E-state index in [1.54, 1.807) is 30.6 Å². The molecule has 0 bridgehead atoms. The predicted octanol–water partition coefficient (Wildman–Crippen LogP) is 1.78. The Balaban J connectivity index is 1.52. The molecule has 0 radical (unpaired) electrons. The first kappa shape index (κ1) is 18.3. The standard InChI is InChI=1S/C19H17FN4O3S/c20-17-9-13(1-4-18(17)24-8-7-21-12-24)11-23-28(26,27)15-3-2-14-5-6-22-19(25)16(14)10-15/h1-4,7-10,12,23H,5-6,11H2,(H,22,25). The lowest BCUT2D eigenvalue weighted by Crippen LogP contribution is -2.32. The van der Waals surface area contributed by atoms with E-state index in [-0.39, 0.29) is 17.3 Å². The summed E-state index contributed by atoms with van der Waals surface area (Å²) in [7, 11) is -3.85. The molecule has 4 rings (SSSR count). The number of carbonyl (C=O) groups excluding carboxylic acids is 1. The van der Waals surface area contributed by atoms with Crippen LogP contribution in [0, 0.1) is 5.82 Å². The van der Waals surface area contributed by atoms with Gasteiger partial charge in [-0.15, -0.1) is 0 Å². The molecule has 1 aliphatic rings. The fraction of sp³-hybridized carbons (Fsp3) is 0.158. The third-order valence-electron chi connectivity index (χ3n) is 4.58. The Morgan fingerprint density at radius 1 is 1.21 bits per heavy atom. The molecule has 28 heavy (non-hydrogen) atoms. The molecule has 0 spiro atoms. The normalized spacial score (nSPS) is 13.8. The first-order valence-corrected chi connectivity index (χ1v) is 10.1. The summed E-state index contributed by atoms with van der Waals surface area (Å²) < 4.78 is 43.5. The van der Waals surface area contributed by atoms with Crippen molar-refractivity contribution < 1.29 is 17.6 Å². The van der Waals surface area contributed by atoms with E-state index in [0.717, 1.165) is 5.56 Å². The van der Waals surface area contributed by atoms with Gasteiger partial charge in [0.1, 0.15) is 5.82 Å². The minimum atomic E-state index is -3.85. The number of halogens is 1. The first-order chi connectivity index (χ1) is 13.4. The van der Waals surface area contributed by atoms with Crippen LogP contribution in [0.5, 0.6) is 0 Å². The number of sulfonamides is 1. The SMILES string of the molecule is O=C1NCCc2ccc(S(=O)(=O)NCc3ccc(-n4ccnc4)c(F)c3)cc21. The molecule has 1 amide bonds. The van der Waals surface area contributed by atoms with Gasteiger partial charge in [0.25, 0.3) is 5.91 Å². The lowest BCUT2D eigenvalue weighted by atomic mass is 10.0. The molecule has 2 N–H and O–H groups in total. The molecule has 0 saturated heterocycles. The van der Waals surface area contributed by atoms with E-state index in [9.17, 15) is 17.6 Å². The van der Waals surface area contributed by atoms with E-state index < -0.39 is 15.8 Å². The third-order valence-corrected chi connectivity index (χ3v) is 5.98. The van der Waals surface area contributed by atoms with Crippen LogP contribution in [0.4, 0.5) is 4.39 Å². The number of carbonyl (C=O) groups is 1. The second-order valence-electron chi connectivity index (χ2n) is 6.41. The molecular weight excluding hydrogens is 383 g/mol. The van der Waals surface area contributed by atoms with Gasteiger partial charge in [-0.3, -0.25) is 4.79 Å². The Labute approximate surface area is 161 Å². The van der Waals surface area contributed by atoms with E-state index in [0.29, 0.717) is 29.8 Å². The number of hydrogen-bond acceptors (Lipinski definition) is 4. The van der Waals surface area contributed by atoms with Crippen molar-refractivity contribution >= 4 is 15.9 Å². The molecule has 0 atom stereocenters. The molecule has 0 saturated carbocycles. The lowest BCUT2D eigenvalue weighted by molar-refractivity contribution is 0.0945. The largest absolute Gasteiger partial charge is 0.352 e. The van der Waals surface area contributed by atoms with Crippen LogP contribution in [0.2, 0.25) is 0 Å². The van der Waals surface area contributed by atoms with Crippen LogP contribution in [-0.4, -0.2) is 30.4 Å². The van der Waals surface area contributed by atoms with Gasteiger partial charge in [-0.05, 0) is 41.8 Å². The van der Waals surface area contributed by atoms with Crippen molar-refractivity contribution in [3.63, 3.8) is 0 Å². The van der Waals surface area contributed by atoms with Crippen LogP contribution in [0.1, 0.15) is 21.5 Å². The van der Waals surface area contributed by atoms with Gasteiger partial charge in [0, 0.05) is 31.0 Å². The van der Waals surface area contributed by atoms with Crippen molar-refractivity contribution in [3.05, 3.63) is 77.6 Å². The number of nitrogens with one attached hydrogen (secondary N) is 2. The highest BCUT2D eigenvalue weighted by Gasteiger charge is 2.21.